The SMILES string of the molecule is Clc1cccc2c1-c1cc(Br)ccc1C21c2ccccc2Sc2ccccc21. The average molecular weight is 462 g/mol. The summed E-state index contributed by atoms with van der Waals surface area (Å²) in [5, 5.41) is 0.807. The largest absolute Gasteiger partial charge is 0.0894 e. The summed E-state index contributed by atoms with van der Waals surface area (Å²) < 4.78 is 1.07. The van der Waals surface area contributed by atoms with Crippen molar-refractivity contribution in [3.05, 3.63) is 117 Å². The molecule has 1 aliphatic heterocycles. The lowest BCUT2D eigenvalue weighted by Crippen LogP contribution is -2.31. The first-order valence-corrected chi connectivity index (χ1v) is 11.2. The summed E-state index contributed by atoms with van der Waals surface area (Å²) in [6.45, 7) is 0. The monoisotopic (exact) mass is 460 g/mol. The van der Waals surface area contributed by atoms with Gasteiger partial charge in [-0.25, -0.2) is 0 Å². The summed E-state index contributed by atoms with van der Waals surface area (Å²) in [6, 6.07) is 30.5. The maximum atomic E-state index is 6.79. The van der Waals surface area contributed by atoms with Gasteiger partial charge in [-0.3, -0.25) is 0 Å². The third-order valence-electron chi connectivity index (χ3n) is 5.87. The number of rotatable bonds is 0. The minimum absolute atomic E-state index is 0.339. The zero-order chi connectivity index (χ0) is 18.9. The van der Waals surface area contributed by atoms with Crippen molar-refractivity contribution in [1.82, 2.24) is 0 Å². The van der Waals surface area contributed by atoms with Crippen LogP contribution >= 0.6 is 39.3 Å². The van der Waals surface area contributed by atoms with Crippen LogP contribution in [0.2, 0.25) is 5.02 Å². The van der Waals surface area contributed by atoms with Crippen molar-refractivity contribution in [1.29, 1.82) is 0 Å². The van der Waals surface area contributed by atoms with Gasteiger partial charge in [0.05, 0.1) is 5.41 Å². The summed E-state index contributed by atoms with van der Waals surface area (Å²) in [5.41, 5.74) is 7.27. The third kappa shape index (κ3) is 2.03. The number of fused-ring (bicyclic) bond motifs is 9. The molecule has 28 heavy (non-hydrogen) atoms. The van der Waals surface area contributed by atoms with E-state index in [2.05, 4.69) is 94.8 Å². The van der Waals surface area contributed by atoms with Crippen molar-refractivity contribution in [2.75, 3.05) is 0 Å². The molecule has 0 N–H and O–H groups in total. The summed E-state index contributed by atoms with van der Waals surface area (Å²) >= 11 is 12.3. The fourth-order valence-electron chi connectivity index (χ4n) is 4.88. The van der Waals surface area contributed by atoms with Gasteiger partial charge in [0.2, 0.25) is 0 Å². The van der Waals surface area contributed by atoms with Crippen LogP contribution in [0.25, 0.3) is 11.1 Å². The molecule has 6 rings (SSSR count). The van der Waals surface area contributed by atoms with Crippen LogP contribution in [-0.4, -0.2) is 0 Å². The predicted octanol–water partition coefficient (Wildman–Crippen LogP) is 7.93. The number of hydrogen-bond acceptors (Lipinski definition) is 1. The maximum absolute atomic E-state index is 6.79. The highest BCUT2D eigenvalue weighted by Crippen LogP contribution is 2.63. The van der Waals surface area contributed by atoms with Gasteiger partial charge in [-0.05, 0) is 58.1 Å². The van der Waals surface area contributed by atoms with Gasteiger partial charge in [0.25, 0.3) is 0 Å². The number of benzene rings is 4. The van der Waals surface area contributed by atoms with Crippen molar-refractivity contribution in [3.8, 4) is 11.1 Å². The molecule has 0 nitrogen and oxygen atoms in total. The lowest BCUT2D eigenvalue weighted by Gasteiger charge is -2.39. The molecule has 1 spiro atoms. The minimum atomic E-state index is -0.339. The minimum Gasteiger partial charge on any atom is -0.0894 e. The molecule has 1 heterocycles. The molecule has 0 radical (unpaired) electrons. The van der Waals surface area contributed by atoms with E-state index in [9.17, 15) is 0 Å². The fourth-order valence-corrected chi connectivity index (χ4v) is 6.71. The van der Waals surface area contributed by atoms with Crippen LogP contribution in [0.1, 0.15) is 22.3 Å². The molecule has 4 aromatic rings. The van der Waals surface area contributed by atoms with Gasteiger partial charge in [0.15, 0.2) is 0 Å². The Morgan fingerprint density at radius 3 is 2.04 bits per heavy atom. The van der Waals surface area contributed by atoms with Gasteiger partial charge in [-0.2, -0.15) is 0 Å². The molecule has 0 amide bonds. The van der Waals surface area contributed by atoms with E-state index in [4.69, 9.17) is 11.6 Å². The highest BCUT2D eigenvalue weighted by atomic mass is 79.9. The second-order valence-corrected chi connectivity index (χ2v) is 9.60. The van der Waals surface area contributed by atoms with Crippen LogP contribution in [0.4, 0.5) is 0 Å². The van der Waals surface area contributed by atoms with Gasteiger partial charge in [-0.15, -0.1) is 0 Å². The van der Waals surface area contributed by atoms with Crippen LogP contribution in [-0.2, 0) is 5.41 Å². The summed E-state index contributed by atoms with van der Waals surface area (Å²) in [4.78, 5) is 2.62. The highest BCUT2D eigenvalue weighted by Gasteiger charge is 2.50. The normalized spacial score (nSPS) is 14.9. The molecule has 0 saturated carbocycles. The van der Waals surface area contributed by atoms with E-state index < -0.39 is 0 Å². The maximum Gasteiger partial charge on any atom is 0.0735 e. The van der Waals surface area contributed by atoms with Crippen molar-refractivity contribution >= 4 is 39.3 Å². The van der Waals surface area contributed by atoms with Crippen molar-refractivity contribution in [3.63, 3.8) is 0 Å². The van der Waals surface area contributed by atoms with E-state index in [1.807, 2.05) is 17.8 Å². The van der Waals surface area contributed by atoms with Crippen LogP contribution in [0.15, 0.2) is 99.2 Å². The molecule has 0 saturated heterocycles. The molecule has 2 aliphatic rings. The smallest absolute Gasteiger partial charge is 0.0735 e. The summed E-state index contributed by atoms with van der Waals surface area (Å²) in [6.07, 6.45) is 0. The Labute approximate surface area is 181 Å². The second-order valence-electron chi connectivity index (χ2n) is 7.20. The lowest BCUT2D eigenvalue weighted by atomic mass is 9.67. The van der Waals surface area contributed by atoms with Crippen LogP contribution in [0, 0.1) is 0 Å². The van der Waals surface area contributed by atoms with Crippen molar-refractivity contribution < 1.29 is 0 Å². The molecule has 3 heteroatoms. The number of halogens is 2. The summed E-state index contributed by atoms with van der Waals surface area (Å²) in [7, 11) is 0. The molecule has 0 unspecified atom stereocenters. The van der Waals surface area contributed by atoms with Gasteiger partial charge in [0.1, 0.15) is 0 Å². The Morgan fingerprint density at radius 1 is 0.679 bits per heavy atom. The second kappa shape index (κ2) is 6.00. The first-order chi connectivity index (χ1) is 13.7. The molecule has 134 valence electrons. The number of hydrogen-bond donors (Lipinski definition) is 0. The highest BCUT2D eigenvalue weighted by molar-refractivity contribution is 9.10. The Kier molecular flexibility index (Phi) is 3.62. The van der Waals surface area contributed by atoms with E-state index in [0.29, 0.717) is 0 Å². The molecular formula is C25H14BrClS. The molecule has 0 aromatic heterocycles. The van der Waals surface area contributed by atoms with E-state index in [1.54, 1.807) is 0 Å². The van der Waals surface area contributed by atoms with Gasteiger partial charge < -0.3 is 0 Å². The molecule has 0 atom stereocenters. The quantitative estimate of drug-likeness (QED) is 0.221. The Balaban J connectivity index is 1.87. The molecular weight excluding hydrogens is 448 g/mol. The van der Waals surface area contributed by atoms with Crippen molar-refractivity contribution in [2.45, 2.75) is 15.2 Å². The zero-order valence-corrected chi connectivity index (χ0v) is 17.9. The van der Waals surface area contributed by atoms with E-state index in [0.717, 1.165) is 15.1 Å². The Bertz CT molecular complexity index is 1230. The van der Waals surface area contributed by atoms with Crippen LogP contribution in [0.5, 0.6) is 0 Å². The first-order valence-electron chi connectivity index (χ1n) is 9.17. The Morgan fingerprint density at radius 2 is 1.32 bits per heavy atom. The standard InChI is InChI=1S/C25H14BrClS/c26-15-12-13-17-16(14-15)24-20(8-5-9-21(24)27)25(17)18-6-1-3-10-22(18)28-23-11-4-2-7-19(23)25/h1-14H. The van der Waals surface area contributed by atoms with Gasteiger partial charge >= 0.3 is 0 Å². The van der Waals surface area contributed by atoms with Crippen LogP contribution < -0.4 is 0 Å². The third-order valence-corrected chi connectivity index (χ3v) is 7.83. The topological polar surface area (TPSA) is 0 Å². The lowest BCUT2D eigenvalue weighted by molar-refractivity contribution is 0.722. The molecule has 0 bridgehead atoms. The van der Waals surface area contributed by atoms with E-state index in [1.165, 1.54) is 37.6 Å². The van der Waals surface area contributed by atoms with Gasteiger partial charge in [0, 0.05) is 24.8 Å². The molecule has 1 aliphatic carbocycles. The van der Waals surface area contributed by atoms with Crippen molar-refractivity contribution in [2.24, 2.45) is 0 Å². The van der Waals surface area contributed by atoms with E-state index in [-0.39, 0.29) is 5.41 Å². The zero-order valence-electron chi connectivity index (χ0n) is 14.7. The fraction of sp³-hybridized carbons (Fsp3) is 0.0400. The summed E-state index contributed by atoms with van der Waals surface area (Å²) in [5.74, 6) is 0. The molecule has 0 fully saturated rings. The first kappa shape index (κ1) is 16.9. The average Bonchev–Trinajstić information content (AvgIpc) is 3.00. The Hall–Kier alpha value is -2.00. The molecule has 4 aromatic carbocycles. The van der Waals surface area contributed by atoms with E-state index >= 15 is 0 Å². The predicted molar refractivity (Wildman–Crippen MR) is 121 cm³/mol. The van der Waals surface area contributed by atoms with Gasteiger partial charge in [-0.1, -0.05) is 93.9 Å². The van der Waals surface area contributed by atoms with Crippen LogP contribution in [0.3, 0.4) is 0 Å².